The van der Waals surface area contributed by atoms with Crippen LogP contribution in [0.1, 0.15) is 0 Å². The Bertz CT molecular complexity index is 2480. The Morgan fingerprint density at radius 3 is 1.28 bits per heavy atom. The lowest BCUT2D eigenvalue weighted by Gasteiger charge is -2.14. The van der Waals surface area contributed by atoms with Crippen LogP contribution in [0, 0.1) is 0 Å². The van der Waals surface area contributed by atoms with Gasteiger partial charge in [0.2, 0.25) is 0 Å². The first kappa shape index (κ1) is 24.0. The van der Waals surface area contributed by atoms with E-state index in [0.717, 1.165) is 27.5 Å². The summed E-state index contributed by atoms with van der Waals surface area (Å²) < 4.78 is 6.15. The minimum atomic E-state index is 0.923. The Hall–Kier alpha value is -5.66. The first-order valence-corrected chi connectivity index (χ1v) is 14.8. The van der Waals surface area contributed by atoms with Crippen molar-refractivity contribution < 1.29 is 4.42 Å². The molecule has 0 saturated carbocycles. The topological polar surface area (TPSA) is 13.1 Å². The number of hydrogen-bond donors (Lipinski definition) is 0. The average molecular weight is 547 g/mol. The molecule has 0 aliphatic carbocycles. The monoisotopic (exact) mass is 546 g/mol. The SMILES string of the molecule is c1ccc(-c2ccc3c(c2)c2ccccc2c2ccc(-c4ccc(-c5ccc6c(c5)oc5ccccc56)cc4)cc23)cc1. The van der Waals surface area contributed by atoms with Gasteiger partial charge in [0, 0.05) is 10.8 Å². The van der Waals surface area contributed by atoms with E-state index >= 15 is 0 Å². The van der Waals surface area contributed by atoms with Crippen molar-refractivity contribution in [3.05, 3.63) is 158 Å². The highest BCUT2D eigenvalue weighted by molar-refractivity contribution is 6.26. The molecule has 0 unspecified atom stereocenters. The maximum atomic E-state index is 6.15. The summed E-state index contributed by atoms with van der Waals surface area (Å²) in [5.74, 6) is 0. The number of benzene rings is 8. The molecule has 0 radical (unpaired) electrons. The van der Waals surface area contributed by atoms with Crippen LogP contribution in [0.3, 0.4) is 0 Å². The lowest BCUT2D eigenvalue weighted by Crippen LogP contribution is -1.87. The zero-order chi connectivity index (χ0) is 28.3. The molecule has 9 aromatic rings. The smallest absolute Gasteiger partial charge is 0.136 e. The van der Waals surface area contributed by atoms with Gasteiger partial charge in [-0.1, -0.05) is 127 Å². The van der Waals surface area contributed by atoms with E-state index in [-0.39, 0.29) is 0 Å². The van der Waals surface area contributed by atoms with Gasteiger partial charge >= 0.3 is 0 Å². The van der Waals surface area contributed by atoms with Gasteiger partial charge in [-0.05, 0) is 96.0 Å². The quantitative estimate of drug-likeness (QED) is 0.201. The van der Waals surface area contributed by atoms with E-state index in [9.17, 15) is 0 Å². The van der Waals surface area contributed by atoms with Crippen LogP contribution in [0.2, 0.25) is 0 Å². The molecule has 9 rings (SSSR count). The van der Waals surface area contributed by atoms with Gasteiger partial charge in [-0.15, -0.1) is 0 Å². The molecule has 200 valence electrons. The number of furan rings is 1. The second kappa shape index (κ2) is 9.44. The zero-order valence-electron chi connectivity index (χ0n) is 23.4. The fraction of sp³-hybridized carbons (Fsp3) is 0. The van der Waals surface area contributed by atoms with E-state index in [2.05, 4.69) is 146 Å². The molecule has 0 bridgehead atoms. The van der Waals surface area contributed by atoms with Gasteiger partial charge in [0.15, 0.2) is 0 Å². The van der Waals surface area contributed by atoms with Gasteiger partial charge in [-0.2, -0.15) is 0 Å². The fourth-order valence-electron chi connectivity index (χ4n) is 6.71. The maximum absolute atomic E-state index is 6.15. The fourth-order valence-corrected chi connectivity index (χ4v) is 6.71. The highest BCUT2D eigenvalue weighted by Gasteiger charge is 2.12. The Labute approximate surface area is 249 Å². The molecule has 0 aliphatic rings. The number of hydrogen-bond acceptors (Lipinski definition) is 1. The minimum absolute atomic E-state index is 0.923. The summed E-state index contributed by atoms with van der Waals surface area (Å²) in [5.41, 5.74) is 9.09. The van der Waals surface area contributed by atoms with Crippen molar-refractivity contribution in [3.8, 4) is 33.4 Å². The third-order valence-corrected chi connectivity index (χ3v) is 8.87. The van der Waals surface area contributed by atoms with Gasteiger partial charge in [-0.3, -0.25) is 0 Å². The standard InChI is InChI=1S/C42H26O/c1-2-8-27(9-3-1)30-19-22-36-39(24-30)34-11-5-4-10-33(34)35-21-18-31(25-40(35)36)28-14-16-29(17-15-28)32-20-23-38-37-12-6-7-13-41(37)43-42(38)26-32/h1-26H. The molecule has 43 heavy (non-hydrogen) atoms. The summed E-state index contributed by atoms with van der Waals surface area (Å²) in [5, 5.41) is 10.0. The van der Waals surface area contributed by atoms with Crippen molar-refractivity contribution in [2.45, 2.75) is 0 Å². The second-order valence-electron chi connectivity index (χ2n) is 11.3. The lowest BCUT2D eigenvalue weighted by molar-refractivity contribution is 0.669. The van der Waals surface area contributed by atoms with Crippen LogP contribution < -0.4 is 0 Å². The molecule has 1 aromatic heterocycles. The van der Waals surface area contributed by atoms with Crippen molar-refractivity contribution in [2.75, 3.05) is 0 Å². The highest BCUT2D eigenvalue weighted by Crippen LogP contribution is 2.39. The van der Waals surface area contributed by atoms with Crippen LogP contribution in [-0.2, 0) is 0 Å². The van der Waals surface area contributed by atoms with Crippen LogP contribution in [0.15, 0.2) is 162 Å². The predicted molar refractivity (Wildman–Crippen MR) is 183 cm³/mol. The van der Waals surface area contributed by atoms with E-state index in [0.29, 0.717) is 0 Å². The summed E-state index contributed by atoms with van der Waals surface area (Å²) in [6.07, 6.45) is 0. The van der Waals surface area contributed by atoms with Gasteiger partial charge in [0.1, 0.15) is 11.2 Å². The summed E-state index contributed by atoms with van der Waals surface area (Å²) >= 11 is 0. The van der Waals surface area contributed by atoms with Crippen molar-refractivity contribution >= 4 is 54.3 Å². The third kappa shape index (κ3) is 3.86. The van der Waals surface area contributed by atoms with Crippen LogP contribution in [-0.4, -0.2) is 0 Å². The molecule has 0 aliphatic heterocycles. The molecule has 0 spiro atoms. The Balaban J connectivity index is 1.15. The van der Waals surface area contributed by atoms with Crippen LogP contribution in [0.25, 0.3) is 87.6 Å². The minimum Gasteiger partial charge on any atom is -0.456 e. The molecular weight excluding hydrogens is 520 g/mol. The van der Waals surface area contributed by atoms with Gasteiger partial charge in [-0.25, -0.2) is 0 Å². The lowest BCUT2D eigenvalue weighted by atomic mass is 9.90. The third-order valence-electron chi connectivity index (χ3n) is 8.87. The summed E-state index contributed by atoms with van der Waals surface area (Å²) in [6.45, 7) is 0. The van der Waals surface area contributed by atoms with E-state index in [1.165, 1.54) is 60.1 Å². The molecule has 1 heterocycles. The molecular formula is C42H26O. The molecule has 0 atom stereocenters. The van der Waals surface area contributed by atoms with Crippen LogP contribution in [0.5, 0.6) is 0 Å². The second-order valence-corrected chi connectivity index (χ2v) is 11.3. The first-order valence-electron chi connectivity index (χ1n) is 14.8. The van der Waals surface area contributed by atoms with Gasteiger partial charge < -0.3 is 4.42 Å². The molecule has 0 amide bonds. The van der Waals surface area contributed by atoms with Gasteiger partial charge in [0.05, 0.1) is 0 Å². The Morgan fingerprint density at radius 1 is 0.233 bits per heavy atom. The van der Waals surface area contributed by atoms with Crippen molar-refractivity contribution in [3.63, 3.8) is 0 Å². The molecule has 8 aromatic carbocycles. The van der Waals surface area contributed by atoms with E-state index < -0.39 is 0 Å². The van der Waals surface area contributed by atoms with Crippen molar-refractivity contribution in [2.24, 2.45) is 0 Å². The first-order chi connectivity index (χ1) is 21.3. The van der Waals surface area contributed by atoms with Crippen LogP contribution >= 0.6 is 0 Å². The molecule has 1 heteroatoms. The largest absolute Gasteiger partial charge is 0.456 e. The molecule has 1 nitrogen and oxygen atoms in total. The predicted octanol–water partition coefficient (Wildman–Crippen LogP) is 12.0. The maximum Gasteiger partial charge on any atom is 0.136 e. The van der Waals surface area contributed by atoms with Gasteiger partial charge in [0.25, 0.3) is 0 Å². The number of fused-ring (bicyclic) bond motifs is 9. The number of rotatable bonds is 3. The van der Waals surface area contributed by atoms with Crippen molar-refractivity contribution in [1.82, 2.24) is 0 Å². The normalized spacial score (nSPS) is 11.7. The Kier molecular flexibility index (Phi) is 5.27. The average Bonchev–Trinajstić information content (AvgIpc) is 3.46. The molecule has 0 N–H and O–H groups in total. The summed E-state index contributed by atoms with van der Waals surface area (Å²) in [6, 6.07) is 56.9. The highest BCUT2D eigenvalue weighted by atomic mass is 16.3. The molecule has 0 saturated heterocycles. The summed E-state index contributed by atoms with van der Waals surface area (Å²) in [4.78, 5) is 0. The molecule has 0 fully saturated rings. The van der Waals surface area contributed by atoms with E-state index in [4.69, 9.17) is 4.42 Å². The number of para-hydroxylation sites is 1. The van der Waals surface area contributed by atoms with Crippen LogP contribution in [0.4, 0.5) is 0 Å². The van der Waals surface area contributed by atoms with Crippen molar-refractivity contribution in [1.29, 1.82) is 0 Å². The summed E-state index contributed by atoms with van der Waals surface area (Å²) in [7, 11) is 0. The Morgan fingerprint density at radius 2 is 0.628 bits per heavy atom. The zero-order valence-corrected chi connectivity index (χ0v) is 23.4. The van der Waals surface area contributed by atoms with E-state index in [1.54, 1.807) is 0 Å². The van der Waals surface area contributed by atoms with E-state index in [1.807, 2.05) is 12.1 Å².